The summed E-state index contributed by atoms with van der Waals surface area (Å²) in [7, 11) is 0. The predicted octanol–water partition coefficient (Wildman–Crippen LogP) is 3.54. The summed E-state index contributed by atoms with van der Waals surface area (Å²) in [6.07, 6.45) is 5.26. The molecule has 100 valence electrons. The van der Waals surface area contributed by atoms with Crippen molar-refractivity contribution in [1.29, 1.82) is 0 Å². The largest absolute Gasteiger partial charge is 0.475 e. The van der Waals surface area contributed by atoms with Crippen molar-refractivity contribution in [3.05, 3.63) is 28.0 Å². The fraction of sp³-hybridized carbons (Fsp3) is 0.429. The minimum atomic E-state index is -1.04. The van der Waals surface area contributed by atoms with Crippen LogP contribution in [-0.4, -0.2) is 16.1 Å². The van der Waals surface area contributed by atoms with Gasteiger partial charge in [0.05, 0.1) is 10.6 Å². The van der Waals surface area contributed by atoms with E-state index in [1.807, 2.05) is 6.92 Å². The highest BCUT2D eigenvalue weighted by molar-refractivity contribution is 7.15. The van der Waals surface area contributed by atoms with Crippen molar-refractivity contribution in [2.24, 2.45) is 0 Å². The van der Waals surface area contributed by atoms with E-state index in [1.165, 1.54) is 23.3 Å². The van der Waals surface area contributed by atoms with E-state index in [2.05, 4.69) is 11.1 Å². The standard InChI is InChI=1S/C14H15NO3S/c1-2-9-12(14(16)17)18-13(15-9)11-7-8-5-3-4-6-10(8)19-11/h7H,2-6H2,1H3,(H,16,17). The van der Waals surface area contributed by atoms with Crippen molar-refractivity contribution >= 4 is 17.3 Å². The third-order valence-electron chi connectivity index (χ3n) is 3.43. The molecule has 0 fully saturated rings. The molecule has 0 aliphatic heterocycles. The van der Waals surface area contributed by atoms with Crippen LogP contribution in [0.25, 0.3) is 10.8 Å². The zero-order chi connectivity index (χ0) is 13.4. The van der Waals surface area contributed by atoms with Crippen molar-refractivity contribution in [2.45, 2.75) is 39.0 Å². The Labute approximate surface area is 115 Å². The fourth-order valence-electron chi connectivity index (χ4n) is 2.46. The van der Waals surface area contributed by atoms with Crippen LogP contribution in [0.4, 0.5) is 0 Å². The molecule has 0 aromatic carbocycles. The van der Waals surface area contributed by atoms with Gasteiger partial charge in [-0.3, -0.25) is 0 Å². The van der Waals surface area contributed by atoms with Crippen LogP contribution in [0.5, 0.6) is 0 Å². The minimum absolute atomic E-state index is 0.0242. The van der Waals surface area contributed by atoms with Gasteiger partial charge in [0.1, 0.15) is 0 Å². The molecule has 0 spiro atoms. The van der Waals surface area contributed by atoms with Gasteiger partial charge in [0.15, 0.2) is 0 Å². The van der Waals surface area contributed by atoms with Gasteiger partial charge in [0.25, 0.3) is 0 Å². The molecule has 19 heavy (non-hydrogen) atoms. The van der Waals surface area contributed by atoms with E-state index < -0.39 is 5.97 Å². The summed E-state index contributed by atoms with van der Waals surface area (Å²) in [5, 5.41) is 9.09. The zero-order valence-electron chi connectivity index (χ0n) is 10.7. The predicted molar refractivity (Wildman–Crippen MR) is 72.8 cm³/mol. The number of hydrogen-bond donors (Lipinski definition) is 1. The summed E-state index contributed by atoms with van der Waals surface area (Å²) in [6.45, 7) is 1.88. The summed E-state index contributed by atoms with van der Waals surface area (Å²) < 4.78 is 5.43. The summed E-state index contributed by atoms with van der Waals surface area (Å²) >= 11 is 1.68. The van der Waals surface area contributed by atoms with Crippen LogP contribution in [0.15, 0.2) is 10.5 Å². The highest BCUT2D eigenvalue weighted by atomic mass is 32.1. The molecular weight excluding hydrogens is 262 g/mol. The molecule has 0 unspecified atom stereocenters. The lowest BCUT2D eigenvalue weighted by molar-refractivity contribution is 0.0662. The number of aromatic carboxylic acids is 1. The maximum Gasteiger partial charge on any atom is 0.373 e. The number of carboxylic acids is 1. The molecule has 0 amide bonds. The Morgan fingerprint density at radius 2 is 2.26 bits per heavy atom. The number of aryl methyl sites for hydroxylation is 3. The number of thiophene rings is 1. The molecule has 2 aromatic heterocycles. The van der Waals surface area contributed by atoms with Crippen molar-refractivity contribution in [2.75, 3.05) is 0 Å². The lowest BCUT2D eigenvalue weighted by Gasteiger charge is -2.08. The van der Waals surface area contributed by atoms with Gasteiger partial charge in [-0.1, -0.05) is 6.92 Å². The average Bonchev–Trinajstić information content (AvgIpc) is 3.02. The third-order valence-corrected chi connectivity index (χ3v) is 4.66. The number of carbonyl (C=O) groups is 1. The lowest BCUT2D eigenvalue weighted by atomic mass is 9.99. The summed E-state index contributed by atoms with van der Waals surface area (Å²) in [5.41, 5.74) is 1.90. The van der Waals surface area contributed by atoms with Crippen molar-refractivity contribution in [1.82, 2.24) is 4.98 Å². The first-order valence-corrected chi connectivity index (χ1v) is 7.35. The van der Waals surface area contributed by atoms with Crippen molar-refractivity contribution in [3.8, 4) is 10.8 Å². The Morgan fingerprint density at radius 3 is 2.89 bits per heavy atom. The summed E-state index contributed by atoms with van der Waals surface area (Å²) in [6, 6.07) is 2.11. The zero-order valence-corrected chi connectivity index (χ0v) is 11.5. The number of fused-ring (bicyclic) bond motifs is 1. The van der Waals surface area contributed by atoms with Crippen LogP contribution in [-0.2, 0) is 19.3 Å². The second kappa shape index (κ2) is 4.81. The van der Waals surface area contributed by atoms with Crippen LogP contribution in [0.1, 0.15) is 46.5 Å². The van der Waals surface area contributed by atoms with E-state index in [0.29, 0.717) is 18.0 Å². The maximum atomic E-state index is 11.1. The van der Waals surface area contributed by atoms with Gasteiger partial charge in [0, 0.05) is 4.88 Å². The van der Waals surface area contributed by atoms with Crippen molar-refractivity contribution in [3.63, 3.8) is 0 Å². The first kappa shape index (κ1) is 12.4. The molecule has 2 aromatic rings. The molecule has 2 heterocycles. The molecular formula is C14H15NO3S. The highest BCUT2D eigenvalue weighted by Gasteiger charge is 2.22. The smallest absolute Gasteiger partial charge is 0.373 e. The molecule has 0 atom stereocenters. The van der Waals surface area contributed by atoms with Crippen molar-refractivity contribution < 1.29 is 14.3 Å². The van der Waals surface area contributed by atoms with Crippen LogP contribution < -0.4 is 0 Å². The van der Waals surface area contributed by atoms with E-state index in [1.54, 1.807) is 11.3 Å². The minimum Gasteiger partial charge on any atom is -0.475 e. The van der Waals surface area contributed by atoms with E-state index in [9.17, 15) is 4.79 Å². The lowest BCUT2D eigenvalue weighted by Crippen LogP contribution is -1.98. The summed E-state index contributed by atoms with van der Waals surface area (Å²) in [4.78, 5) is 17.8. The monoisotopic (exact) mass is 277 g/mol. The number of carboxylic acid groups (broad SMARTS) is 1. The Morgan fingerprint density at radius 1 is 1.47 bits per heavy atom. The molecule has 0 bridgehead atoms. The number of hydrogen-bond acceptors (Lipinski definition) is 4. The van der Waals surface area contributed by atoms with Gasteiger partial charge in [-0.05, 0) is 43.7 Å². The molecule has 1 N–H and O–H groups in total. The van der Waals surface area contributed by atoms with Gasteiger partial charge >= 0.3 is 5.97 Å². The number of oxazole rings is 1. The molecule has 1 aliphatic rings. The molecule has 5 heteroatoms. The average molecular weight is 277 g/mol. The van der Waals surface area contributed by atoms with E-state index in [-0.39, 0.29) is 5.76 Å². The van der Waals surface area contributed by atoms with Gasteiger partial charge in [0.2, 0.25) is 11.7 Å². The highest BCUT2D eigenvalue weighted by Crippen LogP contribution is 2.36. The number of rotatable bonds is 3. The Bertz CT molecular complexity index is 603. The molecule has 3 rings (SSSR count). The number of aromatic nitrogens is 1. The Hall–Kier alpha value is -1.62. The van der Waals surface area contributed by atoms with Crippen LogP contribution in [0.2, 0.25) is 0 Å². The Kier molecular flexibility index (Phi) is 3.14. The van der Waals surface area contributed by atoms with E-state index in [4.69, 9.17) is 9.52 Å². The first-order chi connectivity index (χ1) is 9.19. The maximum absolute atomic E-state index is 11.1. The normalized spacial score (nSPS) is 14.4. The molecule has 0 saturated carbocycles. The van der Waals surface area contributed by atoms with Gasteiger partial charge in [-0.25, -0.2) is 9.78 Å². The van der Waals surface area contributed by atoms with Gasteiger partial charge in [-0.2, -0.15) is 0 Å². The SMILES string of the molecule is CCc1nc(-c2cc3c(s2)CCCC3)oc1C(=O)O. The van der Waals surface area contributed by atoms with Crippen LogP contribution in [0.3, 0.4) is 0 Å². The third kappa shape index (κ3) is 2.18. The molecule has 0 radical (unpaired) electrons. The van der Waals surface area contributed by atoms with Crippen LogP contribution in [0, 0.1) is 0 Å². The van der Waals surface area contributed by atoms with Crippen LogP contribution >= 0.6 is 11.3 Å². The van der Waals surface area contributed by atoms with Gasteiger partial charge in [-0.15, -0.1) is 11.3 Å². The number of nitrogens with zero attached hydrogens (tertiary/aromatic N) is 1. The van der Waals surface area contributed by atoms with E-state index in [0.717, 1.165) is 17.7 Å². The fourth-order valence-corrected chi connectivity index (χ4v) is 3.64. The quantitative estimate of drug-likeness (QED) is 0.932. The molecule has 4 nitrogen and oxygen atoms in total. The topological polar surface area (TPSA) is 63.3 Å². The summed E-state index contributed by atoms with van der Waals surface area (Å²) in [5.74, 6) is -0.616. The molecule has 0 saturated heterocycles. The Balaban J connectivity index is 2.02. The first-order valence-electron chi connectivity index (χ1n) is 6.54. The van der Waals surface area contributed by atoms with E-state index >= 15 is 0 Å². The molecule has 1 aliphatic carbocycles. The van der Waals surface area contributed by atoms with Gasteiger partial charge < -0.3 is 9.52 Å². The second-order valence-electron chi connectivity index (χ2n) is 4.72. The second-order valence-corrected chi connectivity index (χ2v) is 5.86.